The molecule has 3 rings (SSSR count). The summed E-state index contributed by atoms with van der Waals surface area (Å²) in [5.41, 5.74) is 9.40. The van der Waals surface area contributed by atoms with Crippen LogP contribution in [0.1, 0.15) is 23.1 Å². The Bertz CT molecular complexity index is 682. The minimum Gasteiger partial charge on any atom is -0.384 e. The number of rotatable bonds is 3. The molecule has 0 fully saturated rings. The third-order valence-corrected chi connectivity index (χ3v) is 5.07. The lowest BCUT2D eigenvalue weighted by Gasteiger charge is -2.10. The van der Waals surface area contributed by atoms with Crippen molar-refractivity contribution < 1.29 is 0 Å². The fraction of sp³-hybridized carbons (Fsp3) is 0.188. The number of benzene rings is 2. The van der Waals surface area contributed by atoms with Crippen molar-refractivity contribution in [1.29, 1.82) is 5.41 Å². The Kier molecular flexibility index (Phi) is 3.85. The van der Waals surface area contributed by atoms with Gasteiger partial charge in [0.15, 0.2) is 0 Å². The summed E-state index contributed by atoms with van der Waals surface area (Å²) in [7, 11) is 0. The quantitative estimate of drug-likeness (QED) is 0.640. The van der Waals surface area contributed by atoms with Crippen LogP contribution < -0.4 is 5.73 Å². The topological polar surface area (TPSA) is 49.9 Å². The van der Waals surface area contributed by atoms with E-state index in [4.69, 9.17) is 11.1 Å². The van der Waals surface area contributed by atoms with Gasteiger partial charge in [-0.05, 0) is 60.7 Å². The van der Waals surface area contributed by atoms with Gasteiger partial charge < -0.3 is 5.73 Å². The molecule has 2 nitrogen and oxygen atoms in total. The van der Waals surface area contributed by atoms with E-state index in [1.54, 1.807) is 11.8 Å². The van der Waals surface area contributed by atoms with Gasteiger partial charge in [0, 0.05) is 19.8 Å². The molecule has 3 N–H and O–H groups in total. The molecule has 0 aliphatic heterocycles. The highest BCUT2D eigenvalue weighted by atomic mass is 79.9. The van der Waals surface area contributed by atoms with Crippen molar-refractivity contribution >= 4 is 33.5 Å². The molecule has 20 heavy (non-hydrogen) atoms. The van der Waals surface area contributed by atoms with Crippen LogP contribution in [0.25, 0.3) is 0 Å². The number of nitrogens with two attached hydrogens (primary N) is 1. The summed E-state index contributed by atoms with van der Waals surface area (Å²) in [5, 5.41) is 7.68. The van der Waals surface area contributed by atoms with Crippen molar-refractivity contribution in [1.82, 2.24) is 0 Å². The Morgan fingerprint density at radius 1 is 1.10 bits per heavy atom. The van der Waals surface area contributed by atoms with E-state index in [2.05, 4.69) is 34.1 Å². The van der Waals surface area contributed by atoms with Crippen LogP contribution >= 0.6 is 27.7 Å². The lowest BCUT2D eigenvalue weighted by molar-refractivity contribution is 0.911. The zero-order valence-electron chi connectivity index (χ0n) is 10.9. The Morgan fingerprint density at radius 3 is 2.70 bits per heavy atom. The first-order valence-corrected chi connectivity index (χ1v) is 8.18. The van der Waals surface area contributed by atoms with E-state index >= 15 is 0 Å². The van der Waals surface area contributed by atoms with E-state index in [9.17, 15) is 0 Å². The van der Waals surface area contributed by atoms with Gasteiger partial charge >= 0.3 is 0 Å². The van der Waals surface area contributed by atoms with E-state index in [0.29, 0.717) is 0 Å². The maximum absolute atomic E-state index is 7.68. The average molecular weight is 347 g/mol. The number of fused-ring (bicyclic) bond motifs is 1. The third kappa shape index (κ3) is 2.76. The number of hydrogen-bond acceptors (Lipinski definition) is 2. The molecule has 4 heteroatoms. The van der Waals surface area contributed by atoms with Crippen molar-refractivity contribution in [3.05, 3.63) is 57.6 Å². The molecule has 1 aliphatic carbocycles. The van der Waals surface area contributed by atoms with Crippen molar-refractivity contribution in [2.75, 3.05) is 0 Å². The largest absolute Gasteiger partial charge is 0.384 e. The Hall–Kier alpha value is -1.26. The van der Waals surface area contributed by atoms with Gasteiger partial charge in [-0.15, -0.1) is 0 Å². The molecular weight excluding hydrogens is 332 g/mol. The SMILES string of the molecule is N=C(N)c1ccc(Br)cc1Sc1ccc2c(c1)CCC2. The highest BCUT2D eigenvalue weighted by molar-refractivity contribution is 9.10. The number of nitrogens with one attached hydrogen (secondary N) is 1. The van der Waals surface area contributed by atoms with Crippen molar-refractivity contribution in [3.8, 4) is 0 Å². The molecule has 0 saturated heterocycles. The first-order valence-electron chi connectivity index (χ1n) is 6.57. The first kappa shape index (κ1) is 13.7. The summed E-state index contributed by atoms with van der Waals surface area (Å²) in [6, 6.07) is 12.5. The molecule has 102 valence electrons. The zero-order chi connectivity index (χ0) is 14.1. The van der Waals surface area contributed by atoms with Crippen LogP contribution in [0.15, 0.2) is 50.7 Å². The van der Waals surface area contributed by atoms with E-state index in [-0.39, 0.29) is 5.84 Å². The second kappa shape index (κ2) is 5.62. The highest BCUT2D eigenvalue weighted by Crippen LogP contribution is 2.35. The number of hydrogen-bond donors (Lipinski definition) is 2. The Labute approximate surface area is 131 Å². The van der Waals surface area contributed by atoms with Crippen molar-refractivity contribution in [2.24, 2.45) is 5.73 Å². The summed E-state index contributed by atoms with van der Waals surface area (Å²) < 4.78 is 1.01. The molecule has 0 unspecified atom stereocenters. The maximum Gasteiger partial charge on any atom is 0.123 e. The molecule has 2 aromatic rings. The zero-order valence-corrected chi connectivity index (χ0v) is 13.4. The minimum absolute atomic E-state index is 0.112. The normalized spacial score (nSPS) is 13.2. The number of amidine groups is 1. The summed E-state index contributed by atoms with van der Waals surface area (Å²) in [6.45, 7) is 0. The van der Waals surface area contributed by atoms with E-state index < -0.39 is 0 Å². The molecule has 0 amide bonds. The van der Waals surface area contributed by atoms with E-state index in [1.807, 2.05) is 18.2 Å². The van der Waals surface area contributed by atoms with Crippen LogP contribution in [0.2, 0.25) is 0 Å². The summed E-state index contributed by atoms with van der Waals surface area (Å²) in [5.74, 6) is 0.112. The van der Waals surface area contributed by atoms with Crippen molar-refractivity contribution in [3.63, 3.8) is 0 Å². The van der Waals surface area contributed by atoms with Crippen molar-refractivity contribution in [2.45, 2.75) is 29.1 Å². The lowest BCUT2D eigenvalue weighted by Crippen LogP contribution is -2.12. The summed E-state index contributed by atoms with van der Waals surface area (Å²) in [6.07, 6.45) is 3.65. The minimum atomic E-state index is 0.112. The second-order valence-corrected chi connectivity index (χ2v) is 6.97. The first-order chi connectivity index (χ1) is 9.63. The van der Waals surface area contributed by atoms with Gasteiger partial charge in [0.2, 0.25) is 0 Å². The lowest BCUT2D eigenvalue weighted by atomic mass is 10.1. The van der Waals surface area contributed by atoms with E-state index in [1.165, 1.54) is 35.3 Å². The van der Waals surface area contributed by atoms with Crippen LogP contribution in [0.5, 0.6) is 0 Å². The van der Waals surface area contributed by atoms with Crippen LogP contribution in [0.4, 0.5) is 0 Å². The molecule has 0 atom stereocenters. The van der Waals surface area contributed by atoms with Gasteiger partial charge in [0.25, 0.3) is 0 Å². The molecule has 0 radical (unpaired) electrons. The molecule has 0 aromatic heterocycles. The summed E-state index contributed by atoms with van der Waals surface area (Å²) in [4.78, 5) is 2.23. The molecule has 0 spiro atoms. The van der Waals surface area contributed by atoms with Crippen LogP contribution in [-0.2, 0) is 12.8 Å². The fourth-order valence-electron chi connectivity index (χ4n) is 2.54. The number of halogens is 1. The Morgan fingerprint density at radius 2 is 1.90 bits per heavy atom. The number of nitrogen functional groups attached to an aromatic ring is 1. The van der Waals surface area contributed by atoms with Gasteiger partial charge in [-0.1, -0.05) is 33.8 Å². The van der Waals surface area contributed by atoms with Gasteiger partial charge in [-0.2, -0.15) is 0 Å². The molecule has 2 aromatic carbocycles. The molecular formula is C16H15BrN2S. The van der Waals surface area contributed by atoms with Gasteiger partial charge in [-0.25, -0.2) is 0 Å². The fourth-order valence-corrected chi connectivity index (χ4v) is 4.12. The van der Waals surface area contributed by atoms with Gasteiger partial charge in [0.05, 0.1) is 0 Å². The molecule has 0 bridgehead atoms. The Balaban J connectivity index is 1.95. The van der Waals surface area contributed by atoms with Crippen LogP contribution in [0, 0.1) is 5.41 Å². The smallest absolute Gasteiger partial charge is 0.123 e. The molecule has 0 heterocycles. The van der Waals surface area contributed by atoms with Gasteiger partial charge in [0.1, 0.15) is 5.84 Å². The molecule has 1 aliphatic rings. The predicted octanol–water partition coefficient (Wildman–Crippen LogP) is 4.37. The highest BCUT2D eigenvalue weighted by Gasteiger charge is 2.13. The average Bonchev–Trinajstić information content (AvgIpc) is 2.85. The second-order valence-electron chi connectivity index (χ2n) is 4.94. The third-order valence-electron chi connectivity index (χ3n) is 3.53. The van der Waals surface area contributed by atoms with Crippen LogP contribution in [0.3, 0.4) is 0 Å². The maximum atomic E-state index is 7.68. The monoisotopic (exact) mass is 346 g/mol. The standard InChI is InChI=1S/C16H15BrN2S/c17-12-5-7-14(16(18)19)15(9-12)20-13-6-4-10-2-1-3-11(10)8-13/h4-9H,1-3H2,(H3,18,19). The molecule has 0 saturated carbocycles. The van der Waals surface area contributed by atoms with E-state index in [0.717, 1.165) is 14.9 Å². The number of aryl methyl sites for hydroxylation is 2. The van der Waals surface area contributed by atoms with Gasteiger partial charge in [-0.3, -0.25) is 5.41 Å². The summed E-state index contributed by atoms with van der Waals surface area (Å²) >= 11 is 5.16. The predicted molar refractivity (Wildman–Crippen MR) is 87.7 cm³/mol. The van der Waals surface area contributed by atoms with Crippen LogP contribution in [-0.4, -0.2) is 5.84 Å².